The third-order valence-corrected chi connectivity index (χ3v) is 4.09. The Labute approximate surface area is 108 Å². The Balaban J connectivity index is 0.000000653. The van der Waals surface area contributed by atoms with Crippen molar-refractivity contribution < 1.29 is 32.7 Å². The van der Waals surface area contributed by atoms with Gasteiger partial charge < -0.3 is 5.32 Å². The molecule has 3 heteroatoms. The molecule has 1 aromatic rings. The first-order valence-corrected chi connectivity index (χ1v) is 5.38. The van der Waals surface area contributed by atoms with E-state index in [1.54, 1.807) is 4.88 Å². The summed E-state index contributed by atoms with van der Waals surface area (Å²) in [5.74, 6) is 1.69. The number of fused-ring (bicyclic) bond motifs is 3. The van der Waals surface area contributed by atoms with Crippen LogP contribution < -0.4 is 5.32 Å². The molecule has 1 nitrogen and oxygen atoms in total. The standard InChI is InChI=1S/C10H12NS.Y/c1-6-2-8-9-5-11-4-7(9)3-10(8)12-6;/h7,9,11H,3-5H2,1H3;/q-1;. The van der Waals surface area contributed by atoms with Gasteiger partial charge in [0.25, 0.3) is 0 Å². The summed E-state index contributed by atoms with van der Waals surface area (Å²) >= 11 is 1.95. The predicted molar refractivity (Wildman–Crippen MR) is 50.7 cm³/mol. The van der Waals surface area contributed by atoms with Gasteiger partial charge >= 0.3 is 0 Å². The van der Waals surface area contributed by atoms with Crippen LogP contribution in [0.1, 0.15) is 21.2 Å². The summed E-state index contributed by atoms with van der Waals surface area (Å²) in [7, 11) is 0. The fourth-order valence-corrected chi connectivity index (χ4v) is 3.64. The first-order valence-electron chi connectivity index (χ1n) is 4.57. The molecule has 0 saturated carbocycles. The second-order valence-electron chi connectivity index (χ2n) is 3.85. The molecule has 3 rings (SSSR count). The van der Waals surface area contributed by atoms with Crippen molar-refractivity contribution in [3.63, 3.8) is 0 Å². The van der Waals surface area contributed by atoms with Crippen LogP contribution in [0.15, 0.2) is 0 Å². The van der Waals surface area contributed by atoms with Gasteiger partial charge in [-0.15, -0.1) is 9.75 Å². The molecule has 1 radical (unpaired) electrons. The molecule has 1 fully saturated rings. The maximum atomic E-state index is 3.51. The van der Waals surface area contributed by atoms with Gasteiger partial charge in [0.15, 0.2) is 0 Å². The van der Waals surface area contributed by atoms with Crippen molar-refractivity contribution in [1.82, 2.24) is 5.32 Å². The van der Waals surface area contributed by atoms with Crippen molar-refractivity contribution >= 4 is 11.3 Å². The molecule has 1 aromatic heterocycles. The zero-order chi connectivity index (χ0) is 8.13. The van der Waals surface area contributed by atoms with Gasteiger partial charge in [-0.2, -0.15) is 0 Å². The Kier molecular flexibility index (Phi) is 2.95. The minimum atomic E-state index is 0. The average Bonchev–Trinajstić information content (AvgIpc) is 2.59. The molecule has 0 aromatic carbocycles. The smallest absolute Gasteiger partial charge is 0 e. The monoisotopic (exact) mass is 267 g/mol. The second kappa shape index (κ2) is 3.73. The second-order valence-corrected chi connectivity index (χ2v) is 5.16. The van der Waals surface area contributed by atoms with Gasteiger partial charge in [-0.3, -0.25) is 11.3 Å². The maximum absolute atomic E-state index is 3.51. The molecule has 2 aliphatic rings. The van der Waals surface area contributed by atoms with E-state index in [9.17, 15) is 0 Å². The molecule has 1 aliphatic heterocycles. The van der Waals surface area contributed by atoms with Crippen LogP contribution in [0.3, 0.4) is 0 Å². The van der Waals surface area contributed by atoms with E-state index in [4.69, 9.17) is 0 Å². The van der Waals surface area contributed by atoms with Gasteiger partial charge in [0.05, 0.1) is 0 Å². The van der Waals surface area contributed by atoms with Gasteiger partial charge in [0.1, 0.15) is 0 Å². The molecule has 1 saturated heterocycles. The first kappa shape index (κ1) is 10.3. The Morgan fingerprint density at radius 3 is 3.15 bits per heavy atom. The van der Waals surface area contributed by atoms with E-state index < -0.39 is 0 Å². The zero-order valence-electron chi connectivity index (χ0n) is 7.76. The number of hydrogen-bond donors (Lipinski definition) is 1. The molecule has 0 amide bonds. The molecule has 2 unspecified atom stereocenters. The van der Waals surface area contributed by atoms with Crippen LogP contribution in [-0.2, 0) is 39.1 Å². The normalized spacial score (nSPS) is 29.6. The van der Waals surface area contributed by atoms with Crippen molar-refractivity contribution in [3.05, 3.63) is 21.4 Å². The quantitative estimate of drug-likeness (QED) is 0.706. The van der Waals surface area contributed by atoms with Crippen molar-refractivity contribution in [2.24, 2.45) is 5.92 Å². The Bertz CT molecular complexity index is 321. The summed E-state index contributed by atoms with van der Waals surface area (Å²) in [5.41, 5.74) is 1.53. The molecule has 13 heavy (non-hydrogen) atoms. The van der Waals surface area contributed by atoms with Gasteiger partial charge in [0, 0.05) is 32.7 Å². The van der Waals surface area contributed by atoms with Crippen molar-refractivity contribution in [2.75, 3.05) is 13.1 Å². The van der Waals surface area contributed by atoms with E-state index in [0.29, 0.717) is 0 Å². The summed E-state index contributed by atoms with van der Waals surface area (Å²) in [5, 5.41) is 3.46. The molecule has 2 heterocycles. The molecule has 2 atom stereocenters. The van der Waals surface area contributed by atoms with Crippen LogP contribution in [0, 0.1) is 18.9 Å². The van der Waals surface area contributed by atoms with Gasteiger partial charge in [-0.25, -0.2) is 11.6 Å². The largest absolute Gasteiger partial charge is 0.316 e. The van der Waals surface area contributed by atoms with Crippen LogP contribution in [0.2, 0.25) is 0 Å². The maximum Gasteiger partial charge on any atom is 0 e. The summed E-state index contributed by atoms with van der Waals surface area (Å²) < 4.78 is 0. The Morgan fingerprint density at radius 2 is 2.31 bits per heavy atom. The van der Waals surface area contributed by atoms with Crippen molar-refractivity contribution in [2.45, 2.75) is 19.3 Å². The van der Waals surface area contributed by atoms with Crippen molar-refractivity contribution in [3.8, 4) is 0 Å². The molecule has 67 valence electrons. The average molecular weight is 267 g/mol. The van der Waals surface area contributed by atoms with E-state index in [1.807, 2.05) is 11.3 Å². The molecule has 1 aliphatic carbocycles. The zero-order valence-corrected chi connectivity index (χ0v) is 11.4. The summed E-state index contributed by atoms with van der Waals surface area (Å²) in [6.45, 7) is 4.57. The van der Waals surface area contributed by atoms with Gasteiger partial charge in [-0.05, 0) is 31.8 Å². The SMILES string of the molecule is Cc1[c-]c2c(s1)CC1CNCC21.[Y]. The third-order valence-electron chi connectivity index (χ3n) is 3.05. The van der Waals surface area contributed by atoms with E-state index in [0.717, 1.165) is 11.8 Å². The first-order chi connectivity index (χ1) is 5.84. The summed E-state index contributed by atoms with van der Waals surface area (Å²) in [6, 6.07) is 3.51. The van der Waals surface area contributed by atoms with Crippen LogP contribution in [0.25, 0.3) is 0 Å². The number of aryl methyl sites for hydroxylation is 1. The molecule has 0 bridgehead atoms. The number of thiophene rings is 1. The minimum absolute atomic E-state index is 0. The predicted octanol–water partition coefficient (Wildman–Crippen LogP) is 1.71. The Hall–Kier alpha value is 0.764. The van der Waals surface area contributed by atoms with Gasteiger partial charge in [-0.1, -0.05) is 6.42 Å². The van der Waals surface area contributed by atoms with E-state index in [-0.39, 0.29) is 32.7 Å². The van der Waals surface area contributed by atoms with Crippen LogP contribution in [0.4, 0.5) is 0 Å². The van der Waals surface area contributed by atoms with E-state index in [2.05, 4.69) is 18.3 Å². The summed E-state index contributed by atoms with van der Waals surface area (Å²) in [4.78, 5) is 2.98. The van der Waals surface area contributed by atoms with E-state index in [1.165, 1.54) is 30.0 Å². The minimum Gasteiger partial charge on any atom is -0.316 e. The van der Waals surface area contributed by atoms with Crippen molar-refractivity contribution in [1.29, 1.82) is 0 Å². The topological polar surface area (TPSA) is 12.0 Å². The summed E-state index contributed by atoms with van der Waals surface area (Å²) in [6.07, 6.45) is 1.31. The number of nitrogens with one attached hydrogen (secondary N) is 1. The number of rotatable bonds is 0. The fourth-order valence-electron chi connectivity index (χ4n) is 2.50. The van der Waals surface area contributed by atoms with Crippen LogP contribution in [-0.4, -0.2) is 13.1 Å². The van der Waals surface area contributed by atoms with Crippen LogP contribution in [0.5, 0.6) is 0 Å². The molecular formula is C10H12NSY-. The third kappa shape index (κ3) is 1.56. The van der Waals surface area contributed by atoms with Gasteiger partial charge in [0.2, 0.25) is 0 Å². The fraction of sp³-hybridized carbons (Fsp3) is 0.600. The van der Waals surface area contributed by atoms with E-state index >= 15 is 0 Å². The molecule has 0 spiro atoms. The Morgan fingerprint density at radius 1 is 1.46 bits per heavy atom. The number of hydrogen-bond acceptors (Lipinski definition) is 2. The van der Waals surface area contributed by atoms with Crippen LogP contribution >= 0.6 is 11.3 Å². The molecule has 1 N–H and O–H groups in total. The molecular weight excluding hydrogens is 255 g/mol.